The van der Waals surface area contributed by atoms with Crippen LogP contribution in [-0.2, 0) is 0 Å². The van der Waals surface area contributed by atoms with Gasteiger partial charge in [0.15, 0.2) is 5.82 Å². The highest BCUT2D eigenvalue weighted by atomic mass is 16.1. The van der Waals surface area contributed by atoms with Crippen LogP contribution in [0.25, 0.3) is 0 Å². The average molecular weight is 168 g/mol. The van der Waals surface area contributed by atoms with E-state index < -0.39 is 5.69 Å². The molecular formula is C7H12N4O. The molecule has 0 saturated heterocycles. The maximum Gasteiger partial charge on any atom is 0.363 e. The number of hydrogen-bond donors (Lipinski definition) is 2. The maximum absolute atomic E-state index is 10.7. The fourth-order valence-electron chi connectivity index (χ4n) is 0.790. The van der Waals surface area contributed by atoms with Crippen LogP contribution < -0.4 is 11.0 Å². The van der Waals surface area contributed by atoms with Gasteiger partial charge in [0.25, 0.3) is 0 Å². The molecule has 66 valence electrons. The smallest absolute Gasteiger partial charge is 0.363 e. The van der Waals surface area contributed by atoms with Crippen molar-refractivity contribution in [1.82, 2.24) is 15.2 Å². The zero-order chi connectivity index (χ0) is 8.81. The van der Waals surface area contributed by atoms with Gasteiger partial charge in [-0.25, -0.2) is 9.89 Å². The fourth-order valence-corrected chi connectivity index (χ4v) is 0.790. The van der Waals surface area contributed by atoms with Gasteiger partial charge in [-0.3, -0.25) is 0 Å². The van der Waals surface area contributed by atoms with Crippen molar-refractivity contribution in [3.05, 3.63) is 16.7 Å². The van der Waals surface area contributed by atoms with Crippen molar-refractivity contribution in [2.45, 2.75) is 19.8 Å². The second kappa shape index (κ2) is 4.48. The molecule has 0 amide bonds. The number of H-pyrrole nitrogens is 1. The molecular weight excluding hydrogens is 156 g/mol. The van der Waals surface area contributed by atoms with Crippen LogP contribution in [0.15, 0.2) is 11.0 Å². The molecule has 1 heterocycles. The third-order valence-corrected chi connectivity index (χ3v) is 1.41. The van der Waals surface area contributed by atoms with E-state index in [-0.39, 0.29) is 0 Å². The molecule has 1 aromatic heterocycles. The highest BCUT2D eigenvalue weighted by molar-refractivity contribution is 5.28. The molecule has 0 radical (unpaired) electrons. The van der Waals surface area contributed by atoms with Gasteiger partial charge in [-0.1, -0.05) is 13.3 Å². The van der Waals surface area contributed by atoms with E-state index in [0.717, 1.165) is 19.4 Å². The fraction of sp³-hybridized carbons (Fsp3) is 0.571. The first kappa shape index (κ1) is 8.70. The third-order valence-electron chi connectivity index (χ3n) is 1.41. The molecule has 0 bridgehead atoms. The monoisotopic (exact) mass is 168 g/mol. The van der Waals surface area contributed by atoms with Gasteiger partial charge in [-0.05, 0) is 6.42 Å². The van der Waals surface area contributed by atoms with Crippen LogP contribution >= 0.6 is 0 Å². The Morgan fingerprint density at radius 1 is 1.67 bits per heavy atom. The van der Waals surface area contributed by atoms with Gasteiger partial charge in [0.05, 0.1) is 6.20 Å². The molecule has 5 nitrogen and oxygen atoms in total. The van der Waals surface area contributed by atoms with Crippen molar-refractivity contribution >= 4 is 5.82 Å². The summed E-state index contributed by atoms with van der Waals surface area (Å²) in [7, 11) is 0. The van der Waals surface area contributed by atoms with Gasteiger partial charge >= 0.3 is 5.69 Å². The van der Waals surface area contributed by atoms with Crippen molar-refractivity contribution in [3.63, 3.8) is 0 Å². The molecule has 0 saturated carbocycles. The van der Waals surface area contributed by atoms with Crippen LogP contribution in [0.5, 0.6) is 0 Å². The molecule has 0 aliphatic carbocycles. The Kier molecular flexibility index (Phi) is 3.25. The van der Waals surface area contributed by atoms with Gasteiger partial charge in [-0.15, -0.1) is 0 Å². The van der Waals surface area contributed by atoms with Crippen LogP contribution in [0, 0.1) is 0 Å². The number of unbranched alkanes of at least 4 members (excludes halogenated alkanes) is 1. The Morgan fingerprint density at radius 2 is 2.50 bits per heavy atom. The summed E-state index contributed by atoms with van der Waals surface area (Å²) in [5.74, 6) is 0.534. The molecule has 12 heavy (non-hydrogen) atoms. The lowest BCUT2D eigenvalue weighted by atomic mass is 10.3. The maximum atomic E-state index is 10.7. The van der Waals surface area contributed by atoms with Gasteiger partial charge in [0.2, 0.25) is 0 Å². The van der Waals surface area contributed by atoms with Gasteiger partial charge in [0, 0.05) is 6.54 Å². The predicted molar refractivity (Wildman–Crippen MR) is 46.1 cm³/mol. The third kappa shape index (κ3) is 2.69. The number of hydrogen-bond acceptors (Lipinski definition) is 4. The average Bonchev–Trinajstić information content (AvgIpc) is 2.05. The molecule has 2 N–H and O–H groups in total. The van der Waals surface area contributed by atoms with Crippen LogP contribution in [0.3, 0.4) is 0 Å². The predicted octanol–water partition coefficient (Wildman–Crippen LogP) is 0.377. The summed E-state index contributed by atoms with van der Waals surface area (Å²) in [5.41, 5.74) is -0.420. The number of anilines is 1. The SMILES string of the molecule is CCCCNc1cn[nH]c(=O)n1. The van der Waals surface area contributed by atoms with Gasteiger partial charge < -0.3 is 5.32 Å². The van der Waals surface area contributed by atoms with E-state index in [0.29, 0.717) is 5.82 Å². The Hall–Kier alpha value is -1.39. The van der Waals surface area contributed by atoms with E-state index in [1.165, 1.54) is 6.20 Å². The zero-order valence-corrected chi connectivity index (χ0v) is 7.00. The first-order valence-corrected chi connectivity index (χ1v) is 3.98. The van der Waals surface area contributed by atoms with E-state index in [2.05, 4.69) is 27.4 Å². The minimum absolute atomic E-state index is 0.420. The zero-order valence-electron chi connectivity index (χ0n) is 7.00. The molecule has 0 aliphatic heterocycles. The number of rotatable bonds is 4. The molecule has 0 aromatic carbocycles. The number of aromatic amines is 1. The molecule has 1 aromatic rings. The lowest BCUT2D eigenvalue weighted by Gasteiger charge is -2.00. The molecule has 0 atom stereocenters. The largest absolute Gasteiger partial charge is 0.369 e. The summed E-state index contributed by atoms with van der Waals surface area (Å²) in [4.78, 5) is 14.3. The lowest BCUT2D eigenvalue weighted by Crippen LogP contribution is -2.15. The summed E-state index contributed by atoms with van der Waals surface area (Å²) >= 11 is 0. The van der Waals surface area contributed by atoms with Crippen molar-refractivity contribution < 1.29 is 0 Å². The van der Waals surface area contributed by atoms with E-state index in [1.807, 2.05) is 0 Å². The first-order chi connectivity index (χ1) is 5.83. The topological polar surface area (TPSA) is 70.7 Å². The van der Waals surface area contributed by atoms with Crippen LogP contribution in [0.4, 0.5) is 5.82 Å². The van der Waals surface area contributed by atoms with Gasteiger partial charge in [0.1, 0.15) is 0 Å². The Labute approximate surface area is 70.2 Å². The van der Waals surface area contributed by atoms with Crippen LogP contribution in [0.2, 0.25) is 0 Å². The molecule has 0 spiro atoms. The number of aromatic nitrogens is 3. The van der Waals surface area contributed by atoms with Crippen LogP contribution in [0.1, 0.15) is 19.8 Å². The second-order valence-electron chi connectivity index (χ2n) is 2.45. The first-order valence-electron chi connectivity index (χ1n) is 3.98. The van der Waals surface area contributed by atoms with E-state index in [1.54, 1.807) is 0 Å². The van der Waals surface area contributed by atoms with E-state index in [4.69, 9.17) is 0 Å². The Morgan fingerprint density at radius 3 is 3.17 bits per heavy atom. The standard InChI is InChI=1S/C7H12N4O/c1-2-3-4-8-6-5-9-11-7(12)10-6/h5H,2-4H2,1H3,(H2,8,10,11,12). The molecule has 0 fully saturated rings. The minimum Gasteiger partial charge on any atom is -0.369 e. The summed E-state index contributed by atoms with van der Waals surface area (Å²) in [6.07, 6.45) is 3.68. The van der Waals surface area contributed by atoms with Crippen molar-refractivity contribution in [1.29, 1.82) is 0 Å². The van der Waals surface area contributed by atoms with Crippen LogP contribution in [-0.4, -0.2) is 21.7 Å². The lowest BCUT2D eigenvalue weighted by molar-refractivity contribution is 0.822. The molecule has 0 aliphatic rings. The quantitative estimate of drug-likeness (QED) is 0.637. The summed E-state index contributed by atoms with van der Waals surface area (Å²) in [6, 6.07) is 0. The normalized spacial score (nSPS) is 9.75. The second-order valence-corrected chi connectivity index (χ2v) is 2.45. The minimum atomic E-state index is -0.420. The Balaban J connectivity index is 2.47. The summed E-state index contributed by atoms with van der Waals surface area (Å²) < 4.78 is 0. The van der Waals surface area contributed by atoms with E-state index >= 15 is 0 Å². The number of nitrogens with zero attached hydrogens (tertiary/aromatic N) is 2. The van der Waals surface area contributed by atoms with Gasteiger partial charge in [-0.2, -0.15) is 10.1 Å². The molecule has 1 rings (SSSR count). The van der Waals surface area contributed by atoms with Crippen molar-refractivity contribution in [2.75, 3.05) is 11.9 Å². The Bertz CT molecular complexity index is 283. The highest BCUT2D eigenvalue weighted by Gasteiger charge is 1.92. The number of nitrogens with one attached hydrogen (secondary N) is 2. The van der Waals surface area contributed by atoms with E-state index in [9.17, 15) is 4.79 Å². The summed E-state index contributed by atoms with van der Waals surface area (Å²) in [5, 5.41) is 8.80. The summed E-state index contributed by atoms with van der Waals surface area (Å²) in [6.45, 7) is 2.93. The molecule has 0 unspecified atom stereocenters. The van der Waals surface area contributed by atoms with Crippen molar-refractivity contribution in [3.8, 4) is 0 Å². The van der Waals surface area contributed by atoms with Crippen molar-refractivity contribution in [2.24, 2.45) is 0 Å². The molecule has 5 heteroatoms. The highest BCUT2D eigenvalue weighted by Crippen LogP contribution is 1.94.